The molecular weight excluding hydrogens is 224 g/mol. The molecule has 0 aromatic heterocycles. The van der Waals surface area contributed by atoms with Gasteiger partial charge in [-0.15, -0.1) is 0 Å². The van der Waals surface area contributed by atoms with E-state index in [0.29, 0.717) is 5.78 Å². The first-order chi connectivity index (χ1) is 8.77. The van der Waals surface area contributed by atoms with Gasteiger partial charge in [-0.3, -0.25) is 14.6 Å². The van der Waals surface area contributed by atoms with Crippen molar-refractivity contribution in [3.05, 3.63) is 0 Å². The van der Waals surface area contributed by atoms with Crippen molar-refractivity contribution in [3.8, 4) is 0 Å². The van der Waals surface area contributed by atoms with Crippen molar-refractivity contribution in [2.24, 2.45) is 0 Å². The number of hydrogen-bond acceptors (Lipinski definition) is 3. The Morgan fingerprint density at radius 1 is 0.889 bits per heavy atom. The Morgan fingerprint density at radius 2 is 1.33 bits per heavy atom. The lowest BCUT2D eigenvalue weighted by atomic mass is 9.89. The van der Waals surface area contributed by atoms with E-state index in [9.17, 15) is 4.79 Å². The van der Waals surface area contributed by atoms with Gasteiger partial charge in [0.1, 0.15) is 0 Å². The molecule has 2 heterocycles. The highest BCUT2D eigenvalue weighted by Gasteiger charge is 2.35. The molecule has 2 saturated heterocycles. The standard InChI is InChI=1S/C15H28N2O/c1-3-16-11-7-5-9-13(16)15(18)14-10-6-8-12-17(14)4-2/h13-14H,3-12H2,1-2H3/t13-,14-/m0/s1. The monoisotopic (exact) mass is 252 g/mol. The number of carbonyl (C=O) groups excluding carboxylic acids is 1. The summed E-state index contributed by atoms with van der Waals surface area (Å²) >= 11 is 0. The Labute approximate surface area is 112 Å². The van der Waals surface area contributed by atoms with Crippen molar-refractivity contribution < 1.29 is 4.79 Å². The Kier molecular flexibility index (Phi) is 5.19. The van der Waals surface area contributed by atoms with E-state index >= 15 is 0 Å². The summed E-state index contributed by atoms with van der Waals surface area (Å²) in [4.78, 5) is 17.6. The summed E-state index contributed by atoms with van der Waals surface area (Å²) in [5.41, 5.74) is 0. The molecular formula is C15H28N2O. The number of ketones is 1. The van der Waals surface area contributed by atoms with Gasteiger partial charge in [0.2, 0.25) is 0 Å². The quantitative estimate of drug-likeness (QED) is 0.767. The fraction of sp³-hybridized carbons (Fsp3) is 0.933. The van der Waals surface area contributed by atoms with Crippen molar-refractivity contribution in [1.29, 1.82) is 0 Å². The maximum atomic E-state index is 12.8. The minimum Gasteiger partial charge on any atom is -0.296 e. The van der Waals surface area contributed by atoms with Gasteiger partial charge in [-0.25, -0.2) is 0 Å². The molecule has 0 aromatic rings. The zero-order valence-electron chi connectivity index (χ0n) is 12.0. The lowest BCUT2D eigenvalue weighted by Crippen LogP contribution is -2.54. The zero-order valence-corrected chi connectivity index (χ0v) is 12.0. The molecule has 0 spiro atoms. The third-order valence-electron chi connectivity index (χ3n) is 4.70. The molecule has 104 valence electrons. The number of Topliss-reactive ketones (excluding diaryl/α,β-unsaturated/α-hetero) is 1. The van der Waals surface area contributed by atoms with E-state index in [1.165, 1.54) is 25.7 Å². The molecule has 2 aliphatic heterocycles. The van der Waals surface area contributed by atoms with Crippen LogP contribution in [0.15, 0.2) is 0 Å². The minimum atomic E-state index is 0.209. The topological polar surface area (TPSA) is 23.6 Å². The zero-order chi connectivity index (χ0) is 13.0. The van der Waals surface area contributed by atoms with Gasteiger partial charge < -0.3 is 0 Å². The van der Waals surface area contributed by atoms with Crippen LogP contribution in [-0.2, 0) is 4.79 Å². The van der Waals surface area contributed by atoms with E-state index in [4.69, 9.17) is 0 Å². The van der Waals surface area contributed by atoms with Gasteiger partial charge in [-0.1, -0.05) is 26.7 Å². The fourth-order valence-corrected chi connectivity index (χ4v) is 3.61. The first-order valence-corrected chi connectivity index (χ1v) is 7.79. The average Bonchev–Trinajstić information content (AvgIpc) is 2.46. The summed E-state index contributed by atoms with van der Waals surface area (Å²) < 4.78 is 0. The summed E-state index contributed by atoms with van der Waals surface area (Å²) in [7, 11) is 0. The van der Waals surface area contributed by atoms with Crippen LogP contribution >= 0.6 is 0 Å². The van der Waals surface area contributed by atoms with Gasteiger partial charge in [-0.05, 0) is 51.9 Å². The van der Waals surface area contributed by atoms with Crippen molar-refractivity contribution in [2.45, 2.75) is 64.5 Å². The lowest BCUT2D eigenvalue weighted by Gasteiger charge is -2.40. The van der Waals surface area contributed by atoms with Crippen LogP contribution in [0, 0.1) is 0 Å². The molecule has 0 unspecified atom stereocenters. The largest absolute Gasteiger partial charge is 0.296 e. The smallest absolute Gasteiger partial charge is 0.166 e. The second-order valence-corrected chi connectivity index (χ2v) is 5.68. The van der Waals surface area contributed by atoms with Crippen LogP contribution in [0.4, 0.5) is 0 Å². The molecule has 2 aliphatic rings. The van der Waals surface area contributed by atoms with Gasteiger partial charge in [0.15, 0.2) is 5.78 Å². The Hall–Kier alpha value is -0.410. The number of carbonyl (C=O) groups is 1. The molecule has 3 heteroatoms. The summed E-state index contributed by atoms with van der Waals surface area (Å²) in [5.74, 6) is 0.512. The molecule has 0 N–H and O–H groups in total. The normalized spacial score (nSPS) is 31.4. The van der Waals surface area contributed by atoms with Gasteiger partial charge >= 0.3 is 0 Å². The van der Waals surface area contributed by atoms with Gasteiger partial charge in [-0.2, -0.15) is 0 Å². The highest BCUT2D eigenvalue weighted by molar-refractivity contribution is 5.89. The molecule has 3 nitrogen and oxygen atoms in total. The Balaban J connectivity index is 2.03. The Bertz CT molecular complexity index is 254. The van der Waals surface area contributed by atoms with E-state index in [1.54, 1.807) is 0 Å². The third kappa shape index (κ3) is 2.94. The molecule has 2 atom stereocenters. The van der Waals surface area contributed by atoms with Crippen LogP contribution in [0.5, 0.6) is 0 Å². The fourth-order valence-electron chi connectivity index (χ4n) is 3.61. The minimum absolute atomic E-state index is 0.209. The van der Waals surface area contributed by atoms with Crippen molar-refractivity contribution in [1.82, 2.24) is 9.80 Å². The van der Waals surface area contributed by atoms with Gasteiger partial charge in [0.25, 0.3) is 0 Å². The van der Waals surface area contributed by atoms with Gasteiger partial charge in [0.05, 0.1) is 12.1 Å². The number of likely N-dealkylation sites (N-methyl/N-ethyl adjacent to an activating group) is 2. The maximum Gasteiger partial charge on any atom is 0.166 e. The van der Waals surface area contributed by atoms with Crippen LogP contribution in [0.3, 0.4) is 0 Å². The van der Waals surface area contributed by atoms with E-state index in [-0.39, 0.29) is 12.1 Å². The van der Waals surface area contributed by atoms with E-state index in [0.717, 1.165) is 39.0 Å². The van der Waals surface area contributed by atoms with E-state index < -0.39 is 0 Å². The highest BCUT2D eigenvalue weighted by atomic mass is 16.1. The van der Waals surface area contributed by atoms with Crippen molar-refractivity contribution >= 4 is 5.78 Å². The summed E-state index contributed by atoms with van der Waals surface area (Å²) in [6, 6.07) is 0.418. The third-order valence-corrected chi connectivity index (χ3v) is 4.70. The molecule has 0 aromatic carbocycles. The molecule has 0 saturated carbocycles. The Morgan fingerprint density at radius 3 is 1.72 bits per heavy atom. The molecule has 0 radical (unpaired) electrons. The van der Waals surface area contributed by atoms with Crippen molar-refractivity contribution in [2.75, 3.05) is 26.2 Å². The van der Waals surface area contributed by atoms with Crippen LogP contribution in [-0.4, -0.2) is 53.8 Å². The lowest BCUT2D eigenvalue weighted by molar-refractivity contribution is -0.132. The average molecular weight is 252 g/mol. The number of likely N-dealkylation sites (tertiary alicyclic amines) is 2. The molecule has 0 bridgehead atoms. The predicted octanol–water partition coefficient (Wildman–Crippen LogP) is 2.30. The van der Waals surface area contributed by atoms with Crippen LogP contribution in [0.2, 0.25) is 0 Å². The highest BCUT2D eigenvalue weighted by Crippen LogP contribution is 2.24. The number of hydrogen-bond donors (Lipinski definition) is 0. The molecule has 0 aliphatic carbocycles. The van der Waals surface area contributed by atoms with Crippen LogP contribution in [0.25, 0.3) is 0 Å². The second-order valence-electron chi connectivity index (χ2n) is 5.68. The molecule has 2 fully saturated rings. The first-order valence-electron chi connectivity index (χ1n) is 7.79. The number of piperidine rings is 2. The summed E-state index contributed by atoms with van der Waals surface area (Å²) in [5, 5.41) is 0. The van der Waals surface area contributed by atoms with E-state index in [1.807, 2.05) is 0 Å². The molecule has 0 amide bonds. The maximum absolute atomic E-state index is 12.8. The summed E-state index contributed by atoms with van der Waals surface area (Å²) in [6.07, 6.45) is 7.15. The SMILES string of the molecule is CCN1CCCC[C@H]1C(=O)[C@@H]1CCCCN1CC. The van der Waals surface area contributed by atoms with Crippen LogP contribution < -0.4 is 0 Å². The van der Waals surface area contributed by atoms with Gasteiger partial charge in [0, 0.05) is 0 Å². The molecule has 2 rings (SSSR count). The van der Waals surface area contributed by atoms with E-state index in [2.05, 4.69) is 23.6 Å². The predicted molar refractivity (Wildman–Crippen MR) is 74.8 cm³/mol. The number of rotatable bonds is 4. The van der Waals surface area contributed by atoms with Crippen LogP contribution in [0.1, 0.15) is 52.4 Å². The number of nitrogens with zero attached hydrogens (tertiary/aromatic N) is 2. The first kappa shape index (κ1) is 14.0. The second kappa shape index (κ2) is 6.67. The molecule has 18 heavy (non-hydrogen) atoms. The summed E-state index contributed by atoms with van der Waals surface area (Å²) in [6.45, 7) is 8.65. The van der Waals surface area contributed by atoms with Crippen molar-refractivity contribution in [3.63, 3.8) is 0 Å².